The lowest BCUT2D eigenvalue weighted by molar-refractivity contribution is 0.351. The van der Waals surface area contributed by atoms with Crippen LogP contribution in [0.15, 0.2) is 4.47 Å². The van der Waals surface area contributed by atoms with Gasteiger partial charge in [-0.3, -0.25) is 0 Å². The first-order chi connectivity index (χ1) is 8.43. The van der Waals surface area contributed by atoms with Crippen LogP contribution in [0.25, 0.3) is 0 Å². The van der Waals surface area contributed by atoms with Gasteiger partial charge in [-0.25, -0.2) is 0 Å². The van der Waals surface area contributed by atoms with Gasteiger partial charge in [0.15, 0.2) is 0 Å². The Hall–Kier alpha value is -0.540. The molecule has 0 fully saturated rings. The largest absolute Gasteiger partial charge is 0.496 e. The molecule has 0 aliphatic carbocycles. The quantitative estimate of drug-likeness (QED) is 0.818. The number of likely N-dealkylation sites (N-methyl/N-ethyl adjacent to an activating group) is 1. The van der Waals surface area contributed by atoms with Crippen LogP contribution in [-0.2, 0) is 6.42 Å². The number of hydrogen-bond acceptors (Lipinski definition) is 2. The Labute approximate surface area is 119 Å². The average molecular weight is 314 g/mol. The molecule has 0 N–H and O–H groups in total. The number of halogens is 1. The van der Waals surface area contributed by atoms with E-state index in [1.165, 1.54) is 26.7 Å². The van der Waals surface area contributed by atoms with Crippen LogP contribution in [0.1, 0.15) is 29.2 Å². The van der Waals surface area contributed by atoms with Crippen LogP contribution in [-0.4, -0.2) is 32.1 Å². The van der Waals surface area contributed by atoms with Gasteiger partial charge >= 0.3 is 0 Å². The van der Waals surface area contributed by atoms with E-state index in [4.69, 9.17) is 4.74 Å². The molecule has 1 rings (SSSR count). The van der Waals surface area contributed by atoms with E-state index >= 15 is 0 Å². The monoisotopic (exact) mass is 313 g/mol. The highest BCUT2D eigenvalue weighted by molar-refractivity contribution is 9.10. The lowest BCUT2D eigenvalue weighted by Gasteiger charge is -2.21. The van der Waals surface area contributed by atoms with Crippen molar-refractivity contribution in [2.45, 2.75) is 34.1 Å². The van der Waals surface area contributed by atoms with E-state index in [1.54, 1.807) is 7.11 Å². The summed E-state index contributed by atoms with van der Waals surface area (Å²) in [7, 11) is 3.92. The molecule has 0 saturated carbocycles. The van der Waals surface area contributed by atoms with Crippen LogP contribution in [0.5, 0.6) is 5.75 Å². The predicted molar refractivity (Wildman–Crippen MR) is 81.8 cm³/mol. The van der Waals surface area contributed by atoms with Crippen molar-refractivity contribution in [1.82, 2.24) is 4.90 Å². The molecule has 0 unspecified atom stereocenters. The van der Waals surface area contributed by atoms with E-state index in [0.717, 1.165) is 25.3 Å². The Balaban J connectivity index is 3.16. The summed E-state index contributed by atoms with van der Waals surface area (Å²) in [5.74, 6) is 1.05. The molecule has 3 heteroatoms. The summed E-state index contributed by atoms with van der Waals surface area (Å²) < 4.78 is 6.84. The number of ether oxygens (including phenoxy) is 1. The Bertz CT molecular complexity index is 429. The molecule has 0 spiro atoms. The predicted octanol–water partition coefficient (Wildman–Crippen LogP) is 3.88. The van der Waals surface area contributed by atoms with Crippen LogP contribution in [0, 0.1) is 20.8 Å². The van der Waals surface area contributed by atoms with Crippen molar-refractivity contribution in [3.05, 3.63) is 26.7 Å². The van der Waals surface area contributed by atoms with Crippen LogP contribution in [0.3, 0.4) is 0 Å². The van der Waals surface area contributed by atoms with Crippen LogP contribution >= 0.6 is 15.9 Å². The maximum absolute atomic E-state index is 5.62. The van der Waals surface area contributed by atoms with Gasteiger partial charge in [0, 0.05) is 11.0 Å². The van der Waals surface area contributed by atoms with Crippen molar-refractivity contribution in [1.29, 1.82) is 0 Å². The van der Waals surface area contributed by atoms with E-state index in [9.17, 15) is 0 Å². The maximum Gasteiger partial charge on any atom is 0.125 e. The summed E-state index contributed by atoms with van der Waals surface area (Å²) in [5.41, 5.74) is 5.15. The molecule has 2 nitrogen and oxygen atoms in total. The van der Waals surface area contributed by atoms with Crippen molar-refractivity contribution in [3.63, 3.8) is 0 Å². The third-order valence-electron chi connectivity index (χ3n) is 3.78. The molecule has 18 heavy (non-hydrogen) atoms. The van der Waals surface area contributed by atoms with Gasteiger partial charge < -0.3 is 9.64 Å². The van der Waals surface area contributed by atoms with E-state index in [0.29, 0.717) is 0 Å². The maximum atomic E-state index is 5.62. The highest BCUT2D eigenvalue weighted by atomic mass is 79.9. The summed E-state index contributed by atoms with van der Waals surface area (Å²) in [6.07, 6.45) is 1.03. The normalized spacial score (nSPS) is 11.1. The smallest absolute Gasteiger partial charge is 0.125 e. The van der Waals surface area contributed by atoms with Crippen LogP contribution in [0.4, 0.5) is 0 Å². The van der Waals surface area contributed by atoms with Gasteiger partial charge in [0.1, 0.15) is 5.75 Å². The van der Waals surface area contributed by atoms with Crippen molar-refractivity contribution < 1.29 is 4.74 Å². The Morgan fingerprint density at radius 2 is 1.72 bits per heavy atom. The lowest BCUT2D eigenvalue weighted by atomic mass is 9.96. The van der Waals surface area contributed by atoms with E-state index in [-0.39, 0.29) is 0 Å². The van der Waals surface area contributed by atoms with Crippen molar-refractivity contribution in [2.24, 2.45) is 0 Å². The second-order valence-electron chi connectivity index (χ2n) is 4.85. The van der Waals surface area contributed by atoms with Crippen LogP contribution in [0.2, 0.25) is 0 Å². The van der Waals surface area contributed by atoms with Gasteiger partial charge in [-0.05, 0) is 63.0 Å². The Kier molecular flexibility index (Phi) is 5.67. The minimum absolute atomic E-state index is 1.03. The summed E-state index contributed by atoms with van der Waals surface area (Å²) in [4.78, 5) is 2.32. The molecular formula is C15H24BrNO. The van der Waals surface area contributed by atoms with Crippen LogP contribution < -0.4 is 4.74 Å². The third-order valence-corrected chi connectivity index (χ3v) is 4.97. The third kappa shape index (κ3) is 3.07. The topological polar surface area (TPSA) is 12.5 Å². The fourth-order valence-corrected chi connectivity index (χ4v) is 2.72. The number of nitrogens with zero attached hydrogens (tertiary/aromatic N) is 1. The van der Waals surface area contributed by atoms with E-state index < -0.39 is 0 Å². The molecule has 0 radical (unpaired) electrons. The fraction of sp³-hybridized carbons (Fsp3) is 0.600. The van der Waals surface area contributed by atoms with Gasteiger partial charge in [0.05, 0.1) is 7.11 Å². The molecule has 1 aromatic carbocycles. The minimum atomic E-state index is 1.03. The average Bonchev–Trinajstić information content (AvgIpc) is 2.38. The minimum Gasteiger partial charge on any atom is -0.496 e. The standard InChI is InChI=1S/C15H24BrNO/c1-7-17(5)9-8-13-12(4)14(16)10(2)11(3)15(13)18-6/h7-9H2,1-6H3. The summed E-state index contributed by atoms with van der Waals surface area (Å²) in [6, 6.07) is 0. The zero-order chi connectivity index (χ0) is 13.9. The summed E-state index contributed by atoms with van der Waals surface area (Å²) in [5, 5.41) is 0. The molecule has 0 amide bonds. The second-order valence-corrected chi connectivity index (χ2v) is 5.64. The molecule has 102 valence electrons. The van der Waals surface area contributed by atoms with Gasteiger partial charge in [0.2, 0.25) is 0 Å². The number of hydrogen-bond donors (Lipinski definition) is 0. The second kappa shape index (κ2) is 6.58. The Morgan fingerprint density at radius 1 is 1.11 bits per heavy atom. The SMILES string of the molecule is CCN(C)CCc1c(C)c(Br)c(C)c(C)c1OC. The first-order valence-corrected chi connectivity index (χ1v) is 7.23. The molecular weight excluding hydrogens is 290 g/mol. The zero-order valence-electron chi connectivity index (χ0n) is 12.4. The van der Waals surface area contributed by atoms with Gasteiger partial charge in [-0.2, -0.15) is 0 Å². The highest BCUT2D eigenvalue weighted by Gasteiger charge is 2.16. The fourth-order valence-electron chi connectivity index (χ4n) is 2.18. The summed E-state index contributed by atoms with van der Waals surface area (Å²) >= 11 is 3.70. The lowest BCUT2D eigenvalue weighted by Crippen LogP contribution is -2.21. The van der Waals surface area contributed by atoms with Crippen molar-refractivity contribution >= 4 is 15.9 Å². The first kappa shape index (κ1) is 15.5. The van der Waals surface area contributed by atoms with Gasteiger partial charge in [-0.15, -0.1) is 0 Å². The Morgan fingerprint density at radius 3 is 2.22 bits per heavy atom. The molecule has 0 aromatic heterocycles. The van der Waals surface area contributed by atoms with Gasteiger partial charge in [-0.1, -0.05) is 22.9 Å². The molecule has 0 aliphatic rings. The number of benzene rings is 1. The van der Waals surface area contributed by atoms with Gasteiger partial charge in [0.25, 0.3) is 0 Å². The van der Waals surface area contributed by atoms with E-state index in [2.05, 4.69) is 55.6 Å². The highest BCUT2D eigenvalue weighted by Crippen LogP contribution is 2.36. The number of rotatable bonds is 5. The number of methoxy groups -OCH3 is 1. The molecule has 1 aromatic rings. The molecule has 0 aliphatic heterocycles. The molecule has 0 heterocycles. The molecule has 0 saturated heterocycles. The molecule has 0 bridgehead atoms. The molecule has 0 atom stereocenters. The summed E-state index contributed by atoms with van der Waals surface area (Å²) in [6.45, 7) is 10.7. The van der Waals surface area contributed by atoms with E-state index in [1.807, 2.05) is 0 Å². The first-order valence-electron chi connectivity index (χ1n) is 6.44. The van der Waals surface area contributed by atoms with Crippen molar-refractivity contribution in [2.75, 3.05) is 27.2 Å². The van der Waals surface area contributed by atoms with Crippen molar-refractivity contribution in [3.8, 4) is 5.75 Å². The zero-order valence-corrected chi connectivity index (χ0v) is 13.9.